The van der Waals surface area contributed by atoms with E-state index in [1.54, 1.807) is 25.5 Å². The van der Waals surface area contributed by atoms with Crippen LogP contribution in [0.1, 0.15) is 27.9 Å². The summed E-state index contributed by atoms with van der Waals surface area (Å²) in [5.74, 6) is 1.34. The molecule has 1 aliphatic rings. The van der Waals surface area contributed by atoms with E-state index >= 15 is 0 Å². The number of benzene rings is 2. The SMILES string of the molecule is COc1cc(OCc2ccccn2)ccc1/C=C/C(=N)/C=C(N)/C=C/c1ccc2c(c1)CN(C)C=C2. The molecule has 3 aromatic rings. The first-order chi connectivity index (χ1) is 17.5. The van der Waals surface area contributed by atoms with Gasteiger partial charge in [0.15, 0.2) is 0 Å². The van der Waals surface area contributed by atoms with E-state index in [2.05, 4.69) is 47.4 Å². The van der Waals surface area contributed by atoms with Crippen LogP contribution >= 0.6 is 0 Å². The first-order valence-electron chi connectivity index (χ1n) is 11.6. The lowest BCUT2D eigenvalue weighted by atomic mass is 10.0. The van der Waals surface area contributed by atoms with Crippen molar-refractivity contribution in [3.8, 4) is 11.5 Å². The number of rotatable bonds is 9. The smallest absolute Gasteiger partial charge is 0.130 e. The number of aromatic nitrogens is 1. The van der Waals surface area contributed by atoms with Crippen LogP contribution in [0.2, 0.25) is 0 Å². The van der Waals surface area contributed by atoms with Crippen molar-refractivity contribution in [1.82, 2.24) is 9.88 Å². The zero-order chi connectivity index (χ0) is 25.3. The van der Waals surface area contributed by atoms with Crippen LogP contribution in [0.5, 0.6) is 11.5 Å². The van der Waals surface area contributed by atoms with Gasteiger partial charge >= 0.3 is 0 Å². The molecule has 0 bridgehead atoms. The van der Waals surface area contributed by atoms with E-state index in [1.165, 1.54) is 11.1 Å². The highest BCUT2D eigenvalue weighted by Crippen LogP contribution is 2.26. The Morgan fingerprint density at radius 3 is 2.81 bits per heavy atom. The summed E-state index contributed by atoms with van der Waals surface area (Å²) in [6, 6.07) is 17.7. The van der Waals surface area contributed by atoms with Crippen molar-refractivity contribution in [2.75, 3.05) is 14.2 Å². The van der Waals surface area contributed by atoms with Gasteiger partial charge in [-0.1, -0.05) is 24.3 Å². The lowest BCUT2D eigenvalue weighted by molar-refractivity contribution is 0.299. The Morgan fingerprint density at radius 2 is 2.00 bits per heavy atom. The summed E-state index contributed by atoms with van der Waals surface area (Å²) in [4.78, 5) is 6.41. The molecule has 4 rings (SSSR count). The second kappa shape index (κ2) is 11.7. The van der Waals surface area contributed by atoms with Crippen molar-refractivity contribution in [3.05, 3.63) is 119 Å². The van der Waals surface area contributed by atoms with Gasteiger partial charge in [-0.05, 0) is 83.6 Å². The maximum absolute atomic E-state index is 8.27. The lowest BCUT2D eigenvalue weighted by Crippen LogP contribution is -2.14. The van der Waals surface area contributed by atoms with Crippen LogP contribution in [-0.4, -0.2) is 29.8 Å². The number of nitrogens with zero attached hydrogens (tertiary/aromatic N) is 2. The number of hydrogen-bond acceptors (Lipinski definition) is 6. The molecule has 0 saturated carbocycles. The normalized spacial score (nSPS) is 13.3. The predicted molar refractivity (Wildman–Crippen MR) is 147 cm³/mol. The Hall–Kier alpha value is -4.58. The largest absolute Gasteiger partial charge is 0.496 e. The van der Waals surface area contributed by atoms with Gasteiger partial charge in [-0.15, -0.1) is 0 Å². The first-order valence-corrected chi connectivity index (χ1v) is 11.6. The second-order valence-corrected chi connectivity index (χ2v) is 8.47. The van der Waals surface area contributed by atoms with E-state index in [0.717, 1.165) is 23.4 Å². The lowest BCUT2D eigenvalue weighted by Gasteiger charge is -2.21. The monoisotopic (exact) mass is 478 g/mol. The Labute approximate surface area is 212 Å². The minimum atomic E-state index is 0.284. The summed E-state index contributed by atoms with van der Waals surface area (Å²) >= 11 is 0. The second-order valence-electron chi connectivity index (χ2n) is 8.47. The molecule has 1 aliphatic heterocycles. The molecule has 3 N–H and O–H groups in total. The molecule has 182 valence electrons. The maximum Gasteiger partial charge on any atom is 0.130 e. The number of allylic oxidation sites excluding steroid dienone is 3. The van der Waals surface area contributed by atoms with Crippen LogP contribution < -0.4 is 15.2 Å². The summed E-state index contributed by atoms with van der Waals surface area (Å²) in [5.41, 5.74) is 12.2. The number of hydrogen-bond donors (Lipinski definition) is 2. The maximum atomic E-state index is 8.27. The molecule has 0 aliphatic carbocycles. The summed E-state index contributed by atoms with van der Waals surface area (Å²) in [7, 11) is 3.67. The third kappa shape index (κ3) is 6.73. The van der Waals surface area contributed by atoms with Gasteiger partial charge in [0.25, 0.3) is 0 Å². The number of methoxy groups -OCH3 is 1. The summed E-state index contributed by atoms with van der Waals surface area (Å²) in [6.45, 7) is 1.26. The van der Waals surface area contributed by atoms with Gasteiger partial charge in [0.05, 0.1) is 18.5 Å². The molecule has 0 spiro atoms. The van der Waals surface area contributed by atoms with Crippen molar-refractivity contribution in [1.29, 1.82) is 5.41 Å². The van der Waals surface area contributed by atoms with Gasteiger partial charge in [-0.25, -0.2) is 0 Å². The predicted octanol–water partition coefficient (Wildman–Crippen LogP) is 5.67. The minimum Gasteiger partial charge on any atom is -0.496 e. The van der Waals surface area contributed by atoms with Gasteiger partial charge in [-0.3, -0.25) is 4.98 Å². The van der Waals surface area contributed by atoms with Crippen LogP contribution in [0.3, 0.4) is 0 Å². The molecule has 0 fully saturated rings. The van der Waals surface area contributed by atoms with Gasteiger partial charge in [0.1, 0.15) is 18.1 Å². The Morgan fingerprint density at radius 1 is 1.11 bits per heavy atom. The molecule has 0 atom stereocenters. The molecule has 0 radical (unpaired) electrons. The van der Waals surface area contributed by atoms with Gasteiger partial charge in [0, 0.05) is 37.1 Å². The van der Waals surface area contributed by atoms with E-state index in [-0.39, 0.29) is 5.71 Å². The molecule has 0 unspecified atom stereocenters. The molecule has 0 saturated heterocycles. The molecule has 2 heterocycles. The Balaban J connectivity index is 1.37. The van der Waals surface area contributed by atoms with Crippen molar-refractivity contribution in [2.45, 2.75) is 13.2 Å². The molecule has 36 heavy (non-hydrogen) atoms. The standard InChI is InChI=1S/C30H30N4O2/c1-34-16-14-23-8-6-22(17-25(23)20-34)7-11-26(31)18-27(32)12-9-24-10-13-29(19-30(24)35-2)36-21-28-5-3-4-15-33-28/h3-19,32H,20-21,31H2,1-2H3/b11-7+,12-9+,26-18-,32-27?. The number of ether oxygens (including phenoxy) is 2. The van der Waals surface area contributed by atoms with Crippen molar-refractivity contribution in [3.63, 3.8) is 0 Å². The van der Waals surface area contributed by atoms with Crippen LogP contribution in [-0.2, 0) is 13.2 Å². The first kappa shape index (κ1) is 24.5. The van der Waals surface area contributed by atoms with Crippen molar-refractivity contribution < 1.29 is 9.47 Å². The Kier molecular flexibility index (Phi) is 7.98. The van der Waals surface area contributed by atoms with Crippen molar-refractivity contribution >= 4 is 23.9 Å². The van der Waals surface area contributed by atoms with E-state index in [1.807, 2.05) is 54.6 Å². The fraction of sp³-hybridized carbons (Fsp3) is 0.133. The number of fused-ring (bicyclic) bond motifs is 1. The number of nitrogens with two attached hydrogens (primary N) is 1. The topological polar surface area (TPSA) is 84.5 Å². The minimum absolute atomic E-state index is 0.284. The van der Waals surface area contributed by atoms with Gasteiger partial charge in [-0.2, -0.15) is 0 Å². The molecule has 6 nitrogen and oxygen atoms in total. The van der Waals surface area contributed by atoms with Crippen LogP contribution in [0.4, 0.5) is 0 Å². The molecule has 0 amide bonds. The molecule has 1 aromatic heterocycles. The third-order valence-corrected chi connectivity index (χ3v) is 5.65. The average molecular weight is 479 g/mol. The fourth-order valence-electron chi connectivity index (χ4n) is 3.77. The van der Waals surface area contributed by atoms with Crippen LogP contribution in [0, 0.1) is 5.41 Å². The molecule has 6 heteroatoms. The van der Waals surface area contributed by atoms with E-state index in [4.69, 9.17) is 20.6 Å². The Bertz CT molecular complexity index is 1340. The van der Waals surface area contributed by atoms with Crippen molar-refractivity contribution in [2.24, 2.45) is 5.73 Å². The fourth-order valence-corrected chi connectivity index (χ4v) is 3.77. The number of pyridine rings is 1. The summed E-state index contributed by atoms with van der Waals surface area (Å²) in [6.07, 6.45) is 14.9. The van der Waals surface area contributed by atoms with E-state index < -0.39 is 0 Å². The highest BCUT2D eigenvalue weighted by atomic mass is 16.5. The van der Waals surface area contributed by atoms with Crippen LogP contribution in [0.15, 0.2) is 90.9 Å². The van der Waals surface area contributed by atoms with Gasteiger partial charge < -0.3 is 25.5 Å². The summed E-state index contributed by atoms with van der Waals surface area (Å²) in [5, 5.41) is 8.27. The van der Waals surface area contributed by atoms with E-state index in [9.17, 15) is 0 Å². The van der Waals surface area contributed by atoms with Crippen LogP contribution in [0.25, 0.3) is 18.2 Å². The molecule has 2 aromatic carbocycles. The molecular formula is C30H30N4O2. The highest BCUT2D eigenvalue weighted by molar-refractivity contribution is 6.05. The third-order valence-electron chi connectivity index (χ3n) is 5.65. The van der Waals surface area contributed by atoms with Gasteiger partial charge in [0.2, 0.25) is 0 Å². The average Bonchev–Trinajstić information content (AvgIpc) is 2.90. The zero-order valence-electron chi connectivity index (χ0n) is 20.5. The molecular weight excluding hydrogens is 448 g/mol. The highest BCUT2D eigenvalue weighted by Gasteiger charge is 2.07. The number of nitrogens with one attached hydrogen (secondary N) is 1. The quantitative estimate of drug-likeness (QED) is 0.306. The summed E-state index contributed by atoms with van der Waals surface area (Å²) < 4.78 is 11.3. The zero-order valence-corrected chi connectivity index (χ0v) is 20.5. The van der Waals surface area contributed by atoms with E-state index in [0.29, 0.717) is 23.8 Å².